The number of amides is 1. The molecular formula is C21H24BrNO4S. The van der Waals surface area contributed by atoms with Crippen LogP contribution in [0.15, 0.2) is 22.7 Å². The van der Waals surface area contributed by atoms with E-state index in [1.54, 1.807) is 6.92 Å². The normalized spacial score (nSPS) is 15.6. The molecule has 1 aliphatic carbocycles. The highest BCUT2D eigenvalue weighted by atomic mass is 79.9. The molecule has 2 aromatic rings. The second kappa shape index (κ2) is 9.09. The Hall–Kier alpha value is -1.86. The van der Waals surface area contributed by atoms with Crippen molar-refractivity contribution in [1.82, 2.24) is 0 Å². The van der Waals surface area contributed by atoms with Gasteiger partial charge in [-0.25, -0.2) is 4.79 Å². The number of carbonyl (C=O) groups is 2. The number of nitrogens with one attached hydrogen (secondary N) is 1. The van der Waals surface area contributed by atoms with E-state index < -0.39 is 0 Å². The van der Waals surface area contributed by atoms with Gasteiger partial charge < -0.3 is 14.8 Å². The summed E-state index contributed by atoms with van der Waals surface area (Å²) in [6, 6.07) is 5.68. The minimum Gasteiger partial charge on any atom is -0.483 e. The van der Waals surface area contributed by atoms with Crippen LogP contribution in [-0.4, -0.2) is 25.1 Å². The van der Waals surface area contributed by atoms with Crippen molar-refractivity contribution in [1.29, 1.82) is 0 Å². The second-order valence-corrected chi connectivity index (χ2v) is 8.89. The van der Waals surface area contributed by atoms with Gasteiger partial charge in [0.15, 0.2) is 6.61 Å². The van der Waals surface area contributed by atoms with Crippen LogP contribution in [0.3, 0.4) is 0 Å². The first-order valence-corrected chi connectivity index (χ1v) is 11.0. The minimum absolute atomic E-state index is 0.137. The summed E-state index contributed by atoms with van der Waals surface area (Å²) in [5.41, 5.74) is 2.65. The SMILES string of the molecule is CCOC(=O)c1c(NC(=O)COc2ccc(C)cc2Br)sc2c1C(C)CCC2. The molecule has 150 valence electrons. The lowest BCUT2D eigenvalue weighted by Gasteiger charge is -2.19. The van der Waals surface area contributed by atoms with Crippen LogP contribution in [0.2, 0.25) is 0 Å². The maximum atomic E-state index is 12.6. The molecule has 28 heavy (non-hydrogen) atoms. The van der Waals surface area contributed by atoms with Gasteiger partial charge >= 0.3 is 5.97 Å². The summed E-state index contributed by atoms with van der Waals surface area (Å²) in [5, 5.41) is 3.43. The van der Waals surface area contributed by atoms with Crippen molar-refractivity contribution in [3.8, 4) is 5.75 Å². The quantitative estimate of drug-likeness (QED) is 0.575. The highest BCUT2D eigenvalue weighted by molar-refractivity contribution is 9.10. The molecule has 1 aliphatic rings. The number of hydrogen-bond acceptors (Lipinski definition) is 5. The van der Waals surface area contributed by atoms with Crippen molar-refractivity contribution < 1.29 is 19.1 Å². The molecular weight excluding hydrogens is 442 g/mol. The molecule has 0 saturated carbocycles. The van der Waals surface area contributed by atoms with Crippen molar-refractivity contribution >= 4 is 44.1 Å². The number of esters is 1. The molecule has 0 fully saturated rings. The molecule has 1 unspecified atom stereocenters. The number of fused-ring (bicyclic) bond motifs is 1. The molecule has 1 amide bonds. The Bertz CT molecular complexity index is 893. The summed E-state index contributed by atoms with van der Waals surface area (Å²) in [6.07, 6.45) is 3.06. The second-order valence-electron chi connectivity index (χ2n) is 6.93. The van der Waals surface area contributed by atoms with E-state index in [2.05, 4.69) is 28.2 Å². The first-order valence-electron chi connectivity index (χ1n) is 9.42. The summed E-state index contributed by atoms with van der Waals surface area (Å²) in [6.45, 7) is 6.05. The molecule has 0 saturated heterocycles. The average Bonchev–Trinajstić information content (AvgIpc) is 3.00. The Morgan fingerprint density at radius 1 is 1.36 bits per heavy atom. The Morgan fingerprint density at radius 3 is 2.86 bits per heavy atom. The molecule has 0 aliphatic heterocycles. The van der Waals surface area contributed by atoms with Gasteiger partial charge in [-0.3, -0.25) is 4.79 Å². The Morgan fingerprint density at radius 2 is 2.14 bits per heavy atom. The lowest BCUT2D eigenvalue weighted by Crippen LogP contribution is -2.21. The van der Waals surface area contributed by atoms with E-state index >= 15 is 0 Å². The van der Waals surface area contributed by atoms with Gasteiger partial charge in [-0.05, 0) is 78.2 Å². The van der Waals surface area contributed by atoms with Crippen LogP contribution in [0.1, 0.15) is 59.0 Å². The minimum atomic E-state index is -0.369. The smallest absolute Gasteiger partial charge is 0.341 e. The van der Waals surface area contributed by atoms with Gasteiger partial charge in [0.25, 0.3) is 5.91 Å². The Kier molecular flexibility index (Phi) is 6.78. The van der Waals surface area contributed by atoms with Gasteiger partial charge in [-0.15, -0.1) is 11.3 Å². The average molecular weight is 466 g/mol. The Balaban J connectivity index is 1.77. The lowest BCUT2D eigenvalue weighted by molar-refractivity contribution is -0.118. The zero-order chi connectivity index (χ0) is 20.3. The van der Waals surface area contributed by atoms with Crippen molar-refractivity contribution in [2.24, 2.45) is 0 Å². The molecule has 0 radical (unpaired) electrons. The molecule has 7 heteroatoms. The van der Waals surface area contributed by atoms with E-state index in [1.807, 2.05) is 25.1 Å². The molecule has 3 rings (SSSR count). The van der Waals surface area contributed by atoms with Crippen LogP contribution in [0.4, 0.5) is 5.00 Å². The number of aryl methyl sites for hydroxylation is 2. The summed E-state index contributed by atoms with van der Waals surface area (Å²) in [4.78, 5) is 26.2. The van der Waals surface area contributed by atoms with E-state index in [0.717, 1.165) is 34.9 Å². The fraction of sp³-hybridized carbons (Fsp3) is 0.429. The van der Waals surface area contributed by atoms with Crippen LogP contribution < -0.4 is 10.1 Å². The fourth-order valence-corrected chi connectivity index (χ4v) is 5.41. The molecule has 1 atom stereocenters. The molecule has 1 aromatic carbocycles. The number of halogens is 1. The molecule has 0 bridgehead atoms. The van der Waals surface area contributed by atoms with E-state index in [4.69, 9.17) is 9.47 Å². The van der Waals surface area contributed by atoms with E-state index in [0.29, 0.717) is 22.9 Å². The monoisotopic (exact) mass is 465 g/mol. The first-order chi connectivity index (χ1) is 13.4. The first kappa shape index (κ1) is 20.9. The topological polar surface area (TPSA) is 64.6 Å². The summed E-state index contributed by atoms with van der Waals surface area (Å²) >= 11 is 4.92. The number of thiophene rings is 1. The number of rotatable bonds is 6. The summed E-state index contributed by atoms with van der Waals surface area (Å²) < 4.78 is 11.7. The number of ether oxygens (including phenoxy) is 2. The van der Waals surface area contributed by atoms with Crippen LogP contribution >= 0.6 is 27.3 Å². The fourth-order valence-electron chi connectivity index (χ4n) is 3.43. The van der Waals surface area contributed by atoms with Crippen LogP contribution in [0.5, 0.6) is 5.75 Å². The molecule has 5 nitrogen and oxygen atoms in total. The zero-order valence-corrected chi connectivity index (χ0v) is 18.7. The van der Waals surface area contributed by atoms with E-state index in [-0.39, 0.29) is 24.4 Å². The third-order valence-corrected chi connectivity index (χ3v) is 6.53. The van der Waals surface area contributed by atoms with Crippen molar-refractivity contribution in [2.45, 2.75) is 46.0 Å². The predicted octanol–water partition coefficient (Wildman–Crippen LogP) is 5.45. The summed E-state index contributed by atoms with van der Waals surface area (Å²) in [5.74, 6) is 0.214. The van der Waals surface area contributed by atoms with Gasteiger partial charge in [0.2, 0.25) is 0 Å². The van der Waals surface area contributed by atoms with Gasteiger partial charge in [-0.2, -0.15) is 0 Å². The number of anilines is 1. The molecule has 1 N–H and O–H groups in total. The lowest BCUT2D eigenvalue weighted by atomic mass is 9.86. The molecule has 1 heterocycles. The Labute approximate surface area is 177 Å². The number of hydrogen-bond donors (Lipinski definition) is 1. The predicted molar refractivity (Wildman–Crippen MR) is 115 cm³/mol. The van der Waals surface area contributed by atoms with Crippen molar-refractivity contribution in [3.05, 3.63) is 44.2 Å². The highest BCUT2D eigenvalue weighted by Crippen LogP contribution is 2.43. The summed E-state index contributed by atoms with van der Waals surface area (Å²) in [7, 11) is 0. The third kappa shape index (κ3) is 4.58. The number of benzene rings is 1. The van der Waals surface area contributed by atoms with Gasteiger partial charge in [0, 0.05) is 4.88 Å². The maximum Gasteiger partial charge on any atom is 0.341 e. The third-order valence-electron chi connectivity index (χ3n) is 4.73. The van der Waals surface area contributed by atoms with E-state index in [9.17, 15) is 9.59 Å². The maximum absolute atomic E-state index is 12.6. The highest BCUT2D eigenvalue weighted by Gasteiger charge is 2.30. The zero-order valence-electron chi connectivity index (χ0n) is 16.3. The van der Waals surface area contributed by atoms with Gasteiger partial charge in [0.1, 0.15) is 10.8 Å². The largest absolute Gasteiger partial charge is 0.483 e. The van der Waals surface area contributed by atoms with Crippen molar-refractivity contribution in [3.63, 3.8) is 0 Å². The van der Waals surface area contributed by atoms with Gasteiger partial charge in [-0.1, -0.05) is 13.0 Å². The standard InChI is InChI=1S/C21H24BrNO4S/c1-4-26-21(25)19-18-13(3)6-5-7-16(18)28-20(19)23-17(24)11-27-15-9-8-12(2)10-14(15)22/h8-10,13H,4-7,11H2,1-3H3,(H,23,24). The van der Waals surface area contributed by atoms with Crippen LogP contribution in [-0.2, 0) is 16.0 Å². The van der Waals surface area contributed by atoms with Crippen LogP contribution in [0.25, 0.3) is 0 Å². The van der Waals surface area contributed by atoms with E-state index in [1.165, 1.54) is 16.2 Å². The van der Waals surface area contributed by atoms with Gasteiger partial charge in [0.05, 0.1) is 16.6 Å². The molecule has 1 aromatic heterocycles. The number of carbonyl (C=O) groups excluding carboxylic acids is 2. The van der Waals surface area contributed by atoms with Crippen molar-refractivity contribution in [2.75, 3.05) is 18.5 Å². The molecule has 0 spiro atoms. The van der Waals surface area contributed by atoms with Crippen LogP contribution in [0, 0.1) is 6.92 Å².